The summed E-state index contributed by atoms with van der Waals surface area (Å²) < 4.78 is 11.5. The molecule has 1 saturated heterocycles. The first-order chi connectivity index (χ1) is 10.1. The van der Waals surface area contributed by atoms with Crippen molar-refractivity contribution in [1.82, 2.24) is 10.3 Å². The smallest absolute Gasteiger partial charge is 0.128 e. The van der Waals surface area contributed by atoms with Gasteiger partial charge in [0.1, 0.15) is 16.9 Å². The second kappa shape index (κ2) is 5.75. The molecule has 2 aromatic rings. The van der Waals surface area contributed by atoms with Crippen LogP contribution >= 0.6 is 11.3 Å². The highest BCUT2D eigenvalue weighted by molar-refractivity contribution is 7.10. The van der Waals surface area contributed by atoms with Crippen molar-refractivity contribution in [2.24, 2.45) is 0 Å². The lowest BCUT2D eigenvalue weighted by Crippen LogP contribution is -2.46. The van der Waals surface area contributed by atoms with Crippen LogP contribution in [0.1, 0.15) is 25.0 Å². The zero-order valence-electron chi connectivity index (χ0n) is 12.6. The van der Waals surface area contributed by atoms with Crippen LogP contribution in [0.25, 0.3) is 11.3 Å². The van der Waals surface area contributed by atoms with Crippen LogP contribution < -0.4 is 10.1 Å². The molecule has 1 aromatic heterocycles. The van der Waals surface area contributed by atoms with E-state index in [0.717, 1.165) is 35.1 Å². The van der Waals surface area contributed by atoms with Gasteiger partial charge in [-0.3, -0.25) is 0 Å². The molecule has 1 fully saturated rings. The quantitative estimate of drug-likeness (QED) is 0.945. The van der Waals surface area contributed by atoms with Gasteiger partial charge in [-0.05, 0) is 26.0 Å². The van der Waals surface area contributed by atoms with Gasteiger partial charge < -0.3 is 14.8 Å². The van der Waals surface area contributed by atoms with Gasteiger partial charge in [0.25, 0.3) is 0 Å². The second-order valence-electron chi connectivity index (χ2n) is 5.77. The number of methoxy groups -OCH3 is 1. The largest absolute Gasteiger partial charge is 0.496 e. The highest BCUT2D eigenvalue weighted by atomic mass is 32.1. The molecule has 3 rings (SSSR count). The maximum atomic E-state index is 6.12. The molecule has 2 heterocycles. The molecule has 0 spiro atoms. The first-order valence-electron chi connectivity index (χ1n) is 7.06. The van der Waals surface area contributed by atoms with Crippen molar-refractivity contribution in [2.45, 2.75) is 25.6 Å². The molecule has 1 atom stereocenters. The third kappa shape index (κ3) is 3.10. The summed E-state index contributed by atoms with van der Waals surface area (Å²) in [4.78, 5) is 4.75. The van der Waals surface area contributed by atoms with Gasteiger partial charge in [-0.2, -0.15) is 0 Å². The second-order valence-corrected chi connectivity index (χ2v) is 6.66. The first-order valence-corrected chi connectivity index (χ1v) is 7.94. The van der Waals surface area contributed by atoms with E-state index in [9.17, 15) is 0 Å². The van der Waals surface area contributed by atoms with E-state index in [4.69, 9.17) is 14.5 Å². The molecule has 0 bridgehead atoms. The maximum absolute atomic E-state index is 6.12. The number of benzene rings is 1. The number of nitrogens with one attached hydrogen (secondary N) is 1. The van der Waals surface area contributed by atoms with Crippen molar-refractivity contribution in [3.8, 4) is 17.0 Å². The Morgan fingerprint density at radius 2 is 2.19 bits per heavy atom. The lowest BCUT2D eigenvalue weighted by atomic mass is 10.1. The van der Waals surface area contributed by atoms with Crippen LogP contribution in [0, 0.1) is 0 Å². The number of para-hydroxylation sites is 1. The van der Waals surface area contributed by atoms with Crippen LogP contribution in [0.2, 0.25) is 0 Å². The standard InChI is InChI=1S/C16H20N2O2S/c1-16(2)10-17-8-14(20-16)15-18-12(9-21-15)11-6-4-5-7-13(11)19-3/h4-7,9,14,17H,8,10H2,1-3H3/t14-/m1/s1. The Kier molecular flexibility index (Phi) is 3.97. The zero-order valence-corrected chi connectivity index (χ0v) is 13.4. The van der Waals surface area contributed by atoms with Gasteiger partial charge >= 0.3 is 0 Å². The van der Waals surface area contributed by atoms with Gasteiger partial charge in [0.05, 0.1) is 18.4 Å². The number of morpholine rings is 1. The van der Waals surface area contributed by atoms with Crippen LogP contribution in [0.3, 0.4) is 0 Å². The first kappa shape index (κ1) is 14.5. The van der Waals surface area contributed by atoms with Crippen LogP contribution in [-0.4, -0.2) is 30.8 Å². The molecule has 21 heavy (non-hydrogen) atoms. The summed E-state index contributed by atoms with van der Waals surface area (Å²) in [5.41, 5.74) is 1.81. The molecule has 4 nitrogen and oxygen atoms in total. The van der Waals surface area contributed by atoms with E-state index < -0.39 is 0 Å². The molecule has 1 aliphatic heterocycles. The summed E-state index contributed by atoms with van der Waals surface area (Å²) in [6, 6.07) is 7.95. The van der Waals surface area contributed by atoms with Crippen molar-refractivity contribution in [3.05, 3.63) is 34.7 Å². The van der Waals surface area contributed by atoms with Crippen LogP contribution in [-0.2, 0) is 4.74 Å². The maximum Gasteiger partial charge on any atom is 0.128 e. The van der Waals surface area contributed by atoms with Crippen molar-refractivity contribution in [1.29, 1.82) is 0 Å². The molecule has 1 aromatic carbocycles. The summed E-state index contributed by atoms with van der Waals surface area (Å²) in [5, 5.41) is 6.49. The zero-order chi connectivity index (χ0) is 14.9. The number of thiazole rings is 1. The van der Waals surface area contributed by atoms with Crippen molar-refractivity contribution < 1.29 is 9.47 Å². The van der Waals surface area contributed by atoms with E-state index in [2.05, 4.69) is 24.5 Å². The highest BCUT2D eigenvalue weighted by Gasteiger charge is 2.31. The van der Waals surface area contributed by atoms with E-state index in [0.29, 0.717) is 0 Å². The number of rotatable bonds is 3. The predicted octanol–water partition coefficient (Wildman–Crippen LogP) is 3.26. The lowest BCUT2D eigenvalue weighted by molar-refractivity contribution is -0.0958. The average molecular weight is 304 g/mol. The summed E-state index contributed by atoms with van der Waals surface area (Å²) in [6.07, 6.45) is 0.0159. The van der Waals surface area contributed by atoms with Crippen LogP contribution in [0.5, 0.6) is 5.75 Å². The van der Waals surface area contributed by atoms with Gasteiger partial charge in [0, 0.05) is 24.0 Å². The molecule has 5 heteroatoms. The van der Waals surface area contributed by atoms with Crippen LogP contribution in [0.4, 0.5) is 0 Å². The fraction of sp³-hybridized carbons (Fsp3) is 0.438. The van der Waals surface area contributed by atoms with Gasteiger partial charge in [0.15, 0.2) is 0 Å². The van der Waals surface area contributed by atoms with Crippen molar-refractivity contribution >= 4 is 11.3 Å². The molecule has 0 saturated carbocycles. The minimum Gasteiger partial charge on any atom is -0.496 e. The van der Waals surface area contributed by atoms with Gasteiger partial charge in [-0.15, -0.1) is 11.3 Å². The molecule has 1 aliphatic rings. The minimum absolute atomic E-state index is 0.0159. The number of ether oxygens (including phenoxy) is 2. The van der Waals surface area contributed by atoms with Gasteiger partial charge in [0.2, 0.25) is 0 Å². The average Bonchev–Trinajstić information content (AvgIpc) is 2.96. The summed E-state index contributed by atoms with van der Waals surface area (Å²) >= 11 is 1.64. The van der Waals surface area contributed by atoms with E-state index in [1.165, 1.54) is 0 Å². The Balaban J connectivity index is 1.86. The number of hydrogen-bond acceptors (Lipinski definition) is 5. The summed E-state index contributed by atoms with van der Waals surface area (Å²) in [6.45, 7) is 5.87. The fourth-order valence-electron chi connectivity index (χ4n) is 2.53. The molecule has 0 aliphatic carbocycles. The summed E-state index contributed by atoms with van der Waals surface area (Å²) in [5.74, 6) is 0.845. The lowest BCUT2D eigenvalue weighted by Gasteiger charge is -2.35. The van der Waals surface area contributed by atoms with Gasteiger partial charge in [-0.25, -0.2) is 4.98 Å². The van der Waals surface area contributed by atoms with E-state index >= 15 is 0 Å². The van der Waals surface area contributed by atoms with Gasteiger partial charge in [-0.1, -0.05) is 12.1 Å². The topological polar surface area (TPSA) is 43.4 Å². The number of hydrogen-bond donors (Lipinski definition) is 1. The number of aromatic nitrogens is 1. The highest BCUT2D eigenvalue weighted by Crippen LogP contribution is 2.34. The summed E-state index contributed by atoms with van der Waals surface area (Å²) in [7, 11) is 1.68. The number of nitrogens with zero attached hydrogens (tertiary/aromatic N) is 1. The normalized spacial score (nSPS) is 21.2. The molecule has 0 radical (unpaired) electrons. The van der Waals surface area contributed by atoms with Crippen molar-refractivity contribution in [3.63, 3.8) is 0 Å². The van der Waals surface area contributed by atoms with E-state index in [1.54, 1.807) is 18.4 Å². The SMILES string of the molecule is COc1ccccc1-c1csc([C@H]2CNCC(C)(C)O2)n1. The minimum atomic E-state index is -0.154. The Hall–Kier alpha value is -1.43. The molecule has 0 amide bonds. The molecular weight excluding hydrogens is 284 g/mol. The third-order valence-corrected chi connectivity index (χ3v) is 4.46. The monoisotopic (exact) mass is 304 g/mol. The Morgan fingerprint density at radius 1 is 1.38 bits per heavy atom. The molecular formula is C16H20N2O2S. The van der Waals surface area contributed by atoms with Crippen LogP contribution in [0.15, 0.2) is 29.6 Å². The fourth-order valence-corrected chi connectivity index (χ4v) is 3.37. The Bertz CT molecular complexity index is 624. The molecule has 0 unspecified atom stereocenters. The van der Waals surface area contributed by atoms with Crippen molar-refractivity contribution in [2.75, 3.05) is 20.2 Å². The van der Waals surface area contributed by atoms with E-state index in [1.807, 2.05) is 24.3 Å². The molecule has 112 valence electrons. The third-order valence-electron chi connectivity index (χ3n) is 3.52. The Labute approximate surface area is 129 Å². The molecule has 1 N–H and O–H groups in total. The predicted molar refractivity (Wildman–Crippen MR) is 84.9 cm³/mol. The Morgan fingerprint density at radius 3 is 2.95 bits per heavy atom. The van der Waals surface area contributed by atoms with E-state index in [-0.39, 0.29) is 11.7 Å².